The maximum Gasteiger partial charge on any atom is 0.254 e. The molecule has 0 saturated carbocycles. The van der Waals surface area contributed by atoms with Gasteiger partial charge in [-0.1, -0.05) is 0 Å². The summed E-state index contributed by atoms with van der Waals surface area (Å²) in [5.74, 6) is 2.61. The SMILES string of the molecule is COc1ccc(C(=O)N(C)Cc2ccc(C)o2)cc1OC. The normalized spacial score (nSPS) is 10.3. The summed E-state index contributed by atoms with van der Waals surface area (Å²) in [4.78, 5) is 14.0. The predicted molar refractivity (Wildman–Crippen MR) is 78.8 cm³/mol. The number of furan rings is 1. The van der Waals surface area contributed by atoms with E-state index in [0.717, 1.165) is 11.5 Å². The molecule has 0 aliphatic carbocycles. The van der Waals surface area contributed by atoms with Crippen molar-refractivity contribution < 1.29 is 18.7 Å². The molecule has 2 aromatic rings. The number of amides is 1. The number of rotatable bonds is 5. The van der Waals surface area contributed by atoms with Gasteiger partial charge < -0.3 is 18.8 Å². The third kappa shape index (κ3) is 3.37. The number of aryl methyl sites for hydroxylation is 1. The summed E-state index contributed by atoms with van der Waals surface area (Å²) in [5.41, 5.74) is 0.540. The fourth-order valence-electron chi connectivity index (χ4n) is 2.07. The minimum Gasteiger partial charge on any atom is -0.493 e. The summed E-state index contributed by atoms with van der Waals surface area (Å²) in [6.45, 7) is 2.29. The van der Waals surface area contributed by atoms with Gasteiger partial charge in [0.05, 0.1) is 20.8 Å². The van der Waals surface area contributed by atoms with E-state index in [0.29, 0.717) is 23.6 Å². The Morgan fingerprint density at radius 3 is 2.43 bits per heavy atom. The van der Waals surface area contributed by atoms with E-state index in [2.05, 4.69) is 0 Å². The molecule has 0 radical (unpaired) electrons. The molecule has 0 aliphatic heterocycles. The molecule has 5 nitrogen and oxygen atoms in total. The van der Waals surface area contributed by atoms with Crippen molar-refractivity contribution >= 4 is 5.91 Å². The Labute approximate surface area is 124 Å². The standard InChI is InChI=1S/C16H19NO4/c1-11-5-7-13(21-11)10-17(2)16(18)12-6-8-14(19-3)15(9-12)20-4/h5-9H,10H2,1-4H3. The lowest BCUT2D eigenvalue weighted by molar-refractivity contribution is 0.0774. The number of hydrogen-bond acceptors (Lipinski definition) is 4. The average molecular weight is 289 g/mol. The summed E-state index contributed by atoms with van der Waals surface area (Å²) in [5, 5.41) is 0. The number of ether oxygens (including phenoxy) is 2. The smallest absolute Gasteiger partial charge is 0.254 e. The third-order valence-corrected chi connectivity index (χ3v) is 3.17. The molecule has 0 atom stereocenters. The lowest BCUT2D eigenvalue weighted by Crippen LogP contribution is -2.26. The van der Waals surface area contributed by atoms with Crippen LogP contribution < -0.4 is 9.47 Å². The Morgan fingerprint density at radius 2 is 1.86 bits per heavy atom. The first-order chi connectivity index (χ1) is 10.0. The molecule has 1 aromatic heterocycles. The van der Waals surface area contributed by atoms with Crippen LogP contribution in [-0.4, -0.2) is 32.1 Å². The van der Waals surface area contributed by atoms with Crippen LogP contribution >= 0.6 is 0 Å². The van der Waals surface area contributed by atoms with Gasteiger partial charge in [0.2, 0.25) is 0 Å². The average Bonchev–Trinajstić information content (AvgIpc) is 2.90. The van der Waals surface area contributed by atoms with Crippen molar-refractivity contribution in [3.63, 3.8) is 0 Å². The summed E-state index contributed by atoms with van der Waals surface area (Å²) >= 11 is 0. The van der Waals surface area contributed by atoms with Crippen LogP contribution in [-0.2, 0) is 6.54 Å². The van der Waals surface area contributed by atoms with Crippen LogP contribution in [0.1, 0.15) is 21.9 Å². The van der Waals surface area contributed by atoms with Crippen LogP contribution in [0.5, 0.6) is 11.5 Å². The van der Waals surface area contributed by atoms with Crippen molar-refractivity contribution in [1.82, 2.24) is 4.90 Å². The lowest BCUT2D eigenvalue weighted by atomic mass is 10.1. The highest BCUT2D eigenvalue weighted by molar-refractivity contribution is 5.94. The van der Waals surface area contributed by atoms with E-state index in [-0.39, 0.29) is 5.91 Å². The van der Waals surface area contributed by atoms with Crippen molar-refractivity contribution in [3.05, 3.63) is 47.4 Å². The van der Waals surface area contributed by atoms with Gasteiger partial charge in [0.15, 0.2) is 11.5 Å². The molecule has 1 heterocycles. The monoisotopic (exact) mass is 289 g/mol. The Kier molecular flexibility index (Phi) is 4.52. The zero-order valence-corrected chi connectivity index (χ0v) is 12.7. The summed E-state index contributed by atoms with van der Waals surface area (Å²) in [6, 6.07) is 8.85. The maximum atomic E-state index is 12.4. The Balaban J connectivity index is 2.15. The van der Waals surface area contributed by atoms with Gasteiger partial charge in [-0.2, -0.15) is 0 Å². The summed E-state index contributed by atoms with van der Waals surface area (Å²) in [6.07, 6.45) is 0. The van der Waals surface area contributed by atoms with Gasteiger partial charge in [-0.05, 0) is 37.3 Å². The molecule has 0 N–H and O–H groups in total. The number of benzene rings is 1. The van der Waals surface area contributed by atoms with Crippen molar-refractivity contribution in [2.45, 2.75) is 13.5 Å². The van der Waals surface area contributed by atoms with Gasteiger partial charge in [-0.15, -0.1) is 0 Å². The zero-order valence-electron chi connectivity index (χ0n) is 12.7. The Bertz CT molecular complexity index is 633. The second kappa shape index (κ2) is 6.35. The molecule has 2 rings (SSSR count). The van der Waals surface area contributed by atoms with Gasteiger partial charge in [0.25, 0.3) is 5.91 Å². The second-order valence-corrected chi connectivity index (χ2v) is 4.74. The van der Waals surface area contributed by atoms with E-state index >= 15 is 0 Å². The van der Waals surface area contributed by atoms with Crippen LogP contribution in [0.25, 0.3) is 0 Å². The number of carbonyl (C=O) groups is 1. The molecule has 1 aromatic carbocycles. The number of nitrogens with zero attached hydrogens (tertiary/aromatic N) is 1. The zero-order chi connectivity index (χ0) is 15.4. The topological polar surface area (TPSA) is 51.9 Å². The first kappa shape index (κ1) is 15.0. The third-order valence-electron chi connectivity index (χ3n) is 3.17. The molecule has 21 heavy (non-hydrogen) atoms. The van der Waals surface area contributed by atoms with Crippen LogP contribution in [0.2, 0.25) is 0 Å². The minimum absolute atomic E-state index is 0.106. The highest BCUT2D eigenvalue weighted by Crippen LogP contribution is 2.28. The Morgan fingerprint density at radius 1 is 1.14 bits per heavy atom. The van der Waals surface area contributed by atoms with E-state index in [1.54, 1.807) is 44.4 Å². The van der Waals surface area contributed by atoms with Crippen molar-refractivity contribution in [2.24, 2.45) is 0 Å². The van der Waals surface area contributed by atoms with Crippen LogP contribution in [0, 0.1) is 6.92 Å². The van der Waals surface area contributed by atoms with E-state index < -0.39 is 0 Å². The minimum atomic E-state index is -0.106. The second-order valence-electron chi connectivity index (χ2n) is 4.74. The molecule has 0 fully saturated rings. The fraction of sp³-hybridized carbons (Fsp3) is 0.312. The van der Waals surface area contributed by atoms with Gasteiger partial charge in [-0.25, -0.2) is 0 Å². The molecular formula is C16H19NO4. The van der Waals surface area contributed by atoms with E-state index in [1.165, 1.54) is 0 Å². The fourth-order valence-corrected chi connectivity index (χ4v) is 2.07. The van der Waals surface area contributed by atoms with Gasteiger partial charge in [-0.3, -0.25) is 4.79 Å². The molecule has 0 saturated heterocycles. The summed E-state index contributed by atoms with van der Waals surface area (Å²) < 4.78 is 15.9. The van der Waals surface area contributed by atoms with Crippen LogP contribution in [0.15, 0.2) is 34.7 Å². The molecule has 5 heteroatoms. The molecule has 0 spiro atoms. The quantitative estimate of drug-likeness (QED) is 0.849. The van der Waals surface area contributed by atoms with Crippen LogP contribution in [0.3, 0.4) is 0 Å². The summed E-state index contributed by atoms with van der Waals surface area (Å²) in [7, 11) is 4.84. The molecule has 0 unspecified atom stereocenters. The molecule has 0 bridgehead atoms. The molecule has 1 amide bonds. The highest BCUT2D eigenvalue weighted by Gasteiger charge is 2.16. The maximum absolute atomic E-state index is 12.4. The predicted octanol–water partition coefficient (Wildman–Crippen LogP) is 2.88. The van der Waals surface area contributed by atoms with E-state index in [1.807, 2.05) is 19.1 Å². The van der Waals surface area contributed by atoms with Gasteiger partial charge in [0.1, 0.15) is 11.5 Å². The first-order valence-electron chi connectivity index (χ1n) is 6.58. The molecule has 0 aliphatic rings. The highest BCUT2D eigenvalue weighted by atomic mass is 16.5. The van der Waals surface area contributed by atoms with Crippen molar-refractivity contribution in [2.75, 3.05) is 21.3 Å². The van der Waals surface area contributed by atoms with Gasteiger partial charge in [0, 0.05) is 12.6 Å². The van der Waals surface area contributed by atoms with Gasteiger partial charge >= 0.3 is 0 Å². The molecular weight excluding hydrogens is 270 g/mol. The number of methoxy groups -OCH3 is 2. The van der Waals surface area contributed by atoms with Crippen molar-refractivity contribution in [3.8, 4) is 11.5 Å². The van der Waals surface area contributed by atoms with E-state index in [4.69, 9.17) is 13.9 Å². The number of hydrogen-bond donors (Lipinski definition) is 0. The molecule has 112 valence electrons. The number of carbonyl (C=O) groups excluding carboxylic acids is 1. The first-order valence-corrected chi connectivity index (χ1v) is 6.58. The van der Waals surface area contributed by atoms with Crippen LogP contribution in [0.4, 0.5) is 0 Å². The van der Waals surface area contributed by atoms with Crippen molar-refractivity contribution in [1.29, 1.82) is 0 Å². The Hall–Kier alpha value is -2.43. The lowest BCUT2D eigenvalue weighted by Gasteiger charge is -2.17. The largest absolute Gasteiger partial charge is 0.493 e. The van der Waals surface area contributed by atoms with E-state index in [9.17, 15) is 4.79 Å².